The Hall–Kier alpha value is -3.00. The van der Waals surface area contributed by atoms with Crippen molar-refractivity contribution in [1.82, 2.24) is 19.5 Å². The predicted molar refractivity (Wildman–Crippen MR) is 97.3 cm³/mol. The first-order valence-electron chi connectivity index (χ1n) is 7.99. The number of hydrogen-bond donors (Lipinski definition) is 3. The second-order valence-corrected chi connectivity index (χ2v) is 5.99. The average molecular weight is 340 g/mol. The topological polar surface area (TPSA) is 119 Å². The summed E-state index contributed by atoms with van der Waals surface area (Å²) in [5.41, 5.74) is 6.70. The number of hydrogen-bond acceptors (Lipinski definition) is 7. The summed E-state index contributed by atoms with van der Waals surface area (Å²) in [6, 6.07) is 3.75. The lowest BCUT2D eigenvalue weighted by Crippen LogP contribution is -2.23. The Morgan fingerprint density at radius 3 is 2.68 bits per heavy atom. The smallest absolute Gasteiger partial charge is 0.262 e. The van der Waals surface area contributed by atoms with Gasteiger partial charge in [0, 0.05) is 36.7 Å². The number of nitrogens with two attached hydrogens (primary N) is 1. The molecule has 0 spiro atoms. The van der Waals surface area contributed by atoms with Crippen molar-refractivity contribution in [2.75, 3.05) is 17.7 Å². The standard InChI is InChI=1S/C17H20N6O2/c1-10(2)21-15-14-11(3-4-23(5-6-24)16(14)25)7-13(22-15)12-8-19-17(18)20-9-12/h3-4,7-10,24H,5-6H2,1-2H3,(H,21,22)(H2,18,19,20). The summed E-state index contributed by atoms with van der Waals surface area (Å²) in [5, 5.41) is 13.6. The molecule has 0 radical (unpaired) electrons. The molecule has 3 aromatic heterocycles. The number of rotatable bonds is 5. The van der Waals surface area contributed by atoms with Crippen LogP contribution in [-0.2, 0) is 6.54 Å². The molecule has 25 heavy (non-hydrogen) atoms. The number of fused-ring (bicyclic) bond motifs is 1. The maximum absolute atomic E-state index is 12.7. The maximum atomic E-state index is 12.7. The lowest BCUT2D eigenvalue weighted by atomic mass is 10.1. The molecule has 130 valence electrons. The molecule has 0 bridgehead atoms. The molecule has 0 fully saturated rings. The van der Waals surface area contributed by atoms with Crippen molar-refractivity contribution in [3.05, 3.63) is 41.1 Å². The predicted octanol–water partition coefficient (Wildman–Crippen LogP) is 1.25. The summed E-state index contributed by atoms with van der Waals surface area (Å²) in [6.07, 6.45) is 4.87. The SMILES string of the molecule is CC(C)Nc1nc(-c2cnc(N)nc2)cc2ccn(CCO)c(=O)c12. The molecule has 0 saturated heterocycles. The zero-order chi connectivity index (χ0) is 18.0. The van der Waals surface area contributed by atoms with Crippen LogP contribution in [0.1, 0.15) is 13.8 Å². The molecule has 0 atom stereocenters. The van der Waals surface area contributed by atoms with E-state index in [1.54, 1.807) is 18.6 Å². The Kier molecular flexibility index (Phi) is 4.62. The second kappa shape index (κ2) is 6.86. The van der Waals surface area contributed by atoms with E-state index in [0.717, 1.165) is 5.39 Å². The summed E-state index contributed by atoms with van der Waals surface area (Å²) in [5.74, 6) is 0.688. The molecule has 0 aliphatic rings. The first-order valence-corrected chi connectivity index (χ1v) is 7.99. The van der Waals surface area contributed by atoms with Gasteiger partial charge >= 0.3 is 0 Å². The molecule has 0 aliphatic heterocycles. The largest absolute Gasteiger partial charge is 0.395 e. The van der Waals surface area contributed by atoms with Crippen LogP contribution in [0.25, 0.3) is 22.0 Å². The van der Waals surface area contributed by atoms with Gasteiger partial charge in [-0.15, -0.1) is 0 Å². The van der Waals surface area contributed by atoms with Crippen molar-refractivity contribution in [2.24, 2.45) is 0 Å². The van der Waals surface area contributed by atoms with Crippen LogP contribution in [0.2, 0.25) is 0 Å². The molecule has 3 heterocycles. The summed E-state index contributed by atoms with van der Waals surface area (Å²) in [4.78, 5) is 25.3. The Labute approximate surface area is 144 Å². The van der Waals surface area contributed by atoms with Gasteiger partial charge in [0.15, 0.2) is 0 Å². The van der Waals surface area contributed by atoms with Crippen molar-refractivity contribution < 1.29 is 5.11 Å². The molecule has 0 unspecified atom stereocenters. The number of nitrogen functional groups attached to an aromatic ring is 1. The Morgan fingerprint density at radius 1 is 1.32 bits per heavy atom. The summed E-state index contributed by atoms with van der Waals surface area (Å²) >= 11 is 0. The van der Waals surface area contributed by atoms with Crippen LogP contribution >= 0.6 is 0 Å². The minimum atomic E-state index is -0.192. The van der Waals surface area contributed by atoms with Gasteiger partial charge in [0.2, 0.25) is 5.95 Å². The lowest BCUT2D eigenvalue weighted by molar-refractivity contribution is 0.274. The molecule has 8 nitrogen and oxygen atoms in total. The van der Waals surface area contributed by atoms with Crippen LogP contribution < -0.4 is 16.6 Å². The monoisotopic (exact) mass is 340 g/mol. The highest BCUT2D eigenvalue weighted by Gasteiger charge is 2.14. The normalized spacial score (nSPS) is 11.2. The van der Waals surface area contributed by atoms with Gasteiger partial charge in [-0.3, -0.25) is 4.79 Å². The van der Waals surface area contributed by atoms with Gasteiger partial charge in [-0.1, -0.05) is 0 Å². The van der Waals surface area contributed by atoms with Crippen LogP contribution in [0.4, 0.5) is 11.8 Å². The summed E-state index contributed by atoms with van der Waals surface area (Å²) < 4.78 is 1.47. The molecular weight excluding hydrogens is 320 g/mol. The molecular formula is C17H20N6O2. The fourth-order valence-electron chi connectivity index (χ4n) is 2.58. The highest BCUT2D eigenvalue weighted by atomic mass is 16.3. The van der Waals surface area contributed by atoms with Crippen LogP contribution in [0.5, 0.6) is 0 Å². The van der Waals surface area contributed by atoms with Gasteiger partial charge in [-0.25, -0.2) is 15.0 Å². The summed E-state index contributed by atoms with van der Waals surface area (Å²) in [7, 11) is 0. The number of anilines is 2. The third-order valence-electron chi connectivity index (χ3n) is 3.69. The Morgan fingerprint density at radius 2 is 2.04 bits per heavy atom. The molecule has 3 aromatic rings. The van der Waals surface area contributed by atoms with E-state index in [9.17, 15) is 4.79 Å². The van der Waals surface area contributed by atoms with Gasteiger partial charge in [0.25, 0.3) is 5.56 Å². The molecule has 3 rings (SSSR count). The van der Waals surface area contributed by atoms with E-state index in [1.807, 2.05) is 26.0 Å². The molecule has 0 saturated carbocycles. The number of nitrogens with one attached hydrogen (secondary N) is 1. The highest BCUT2D eigenvalue weighted by molar-refractivity contribution is 5.93. The summed E-state index contributed by atoms with van der Waals surface area (Å²) in [6.45, 7) is 4.08. The fraction of sp³-hybridized carbons (Fsp3) is 0.294. The zero-order valence-electron chi connectivity index (χ0n) is 14.1. The van der Waals surface area contributed by atoms with Crippen molar-refractivity contribution in [3.63, 3.8) is 0 Å². The van der Waals surface area contributed by atoms with Crippen LogP contribution in [0, 0.1) is 0 Å². The minimum absolute atomic E-state index is 0.0968. The van der Waals surface area contributed by atoms with E-state index in [1.165, 1.54) is 4.57 Å². The van der Waals surface area contributed by atoms with E-state index < -0.39 is 0 Å². The van der Waals surface area contributed by atoms with Gasteiger partial charge in [0.1, 0.15) is 5.82 Å². The fourth-order valence-corrected chi connectivity index (χ4v) is 2.58. The van der Waals surface area contributed by atoms with E-state index in [0.29, 0.717) is 22.5 Å². The van der Waals surface area contributed by atoms with Crippen molar-refractivity contribution in [3.8, 4) is 11.3 Å². The molecule has 0 aliphatic carbocycles. The Balaban J connectivity index is 2.24. The first-order chi connectivity index (χ1) is 12.0. The number of pyridine rings is 2. The van der Waals surface area contributed by atoms with E-state index in [2.05, 4.69) is 20.3 Å². The van der Waals surface area contributed by atoms with Gasteiger partial charge < -0.3 is 20.7 Å². The highest BCUT2D eigenvalue weighted by Crippen LogP contribution is 2.25. The van der Waals surface area contributed by atoms with Crippen molar-refractivity contribution in [2.45, 2.75) is 26.4 Å². The minimum Gasteiger partial charge on any atom is -0.395 e. The first kappa shape index (κ1) is 16.8. The van der Waals surface area contributed by atoms with Gasteiger partial charge in [0.05, 0.1) is 17.7 Å². The van der Waals surface area contributed by atoms with E-state index in [-0.39, 0.29) is 30.7 Å². The second-order valence-electron chi connectivity index (χ2n) is 5.99. The van der Waals surface area contributed by atoms with Gasteiger partial charge in [-0.2, -0.15) is 0 Å². The van der Waals surface area contributed by atoms with Crippen LogP contribution in [-0.4, -0.2) is 37.3 Å². The van der Waals surface area contributed by atoms with Crippen LogP contribution in [0.3, 0.4) is 0 Å². The quantitative estimate of drug-likeness (QED) is 0.639. The van der Waals surface area contributed by atoms with Crippen molar-refractivity contribution >= 4 is 22.5 Å². The number of aliphatic hydroxyl groups is 1. The number of aliphatic hydroxyl groups excluding tert-OH is 1. The average Bonchev–Trinajstić information content (AvgIpc) is 2.57. The zero-order valence-corrected chi connectivity index (χ0v) is 14.1. The van der Waals surface area contributed by atoms with Gasteiger partial charge in [-0.05, 0) is 31.4 Å². The molecule has 8 heteroatoms. The third kappa shape index (κ3) is 3.43. The lowest BCUT2D eigenvalue weighted by Gasteiger charge is -2.15. The maximum Gasteiger partial charge on any atom is 0.262 e. The third-order valence-corrected chi connectivity index (χ3v) is 3.69. The number of aromatic nitrogens is 4. The van der Waals surface area contributed by atoms with E-state index >= 15 is 0 Å². The van der Waals surface area contributed by atoms with Crippen LogP contribution in [0.15, 0.2) is 35.5 Å². The molecule has 0 amide bonds. The van der Waals surface area contributed by atoms with E-state index in [4.69, 9.17) is 10.8 Å². The molecule has 0 aromatic carbocycles. The van der Waals surface area contributed by atoms with Crippen molar-refractivity contribution in [1.29, 1.82) is 0 Å². The molecule has 4 N–H and O–H groups in total. The number of nitrogens with zero attached hydrogens (tertiary/aromatic N) is 4. The Bertz CT molecular complexity index is 950.